The lowest BCUT2D eigenvalue weighted by atomic mass is 10.0. The fraction of sp³-hybridized carbons (Fsp3) is 0.600. The Hall–Kier alpha value is -0.930. The first-order valence-electron chi connectivity index (χ1n) is 6.92. The van der Waals surface area contributed by atoms with Gasteiger partial charge in [-0.2, -0.15) is 0 Å². The number of nitrogens with zero attached hydrogens (tertiary/aromatic N) is 1. The van der Waals surface area contributed by atoms with Crippen molar-refractivity contribution in [1.29, 1.82) is 0 Å². The van der Waals surface area contributed by atoms with Crippen molar-refractivity contribution < 1.29 is 4.39 Å². The van der Waals surface area contributed by atoms with Gasteiger partial charge in [0.25, 0.3) is 0 Å². The fourth-order valence-electron chi connectivity index (χ4n) is 2.72. The summed E-state index contributed by atoms with van der Waals surface area (Å²) in [6.07, 6.45) is 5.06. The number of nitrogens with two attached hydrogens (primary N) is 1. The standard InChI is InChI=1S/C15H23FN2/c1-12-6-7-13(10-14(12)16)15(11-17)18-8-4-2-3-5-9-18/h6-7,10,15H,2-5,8-9,11,17H2,1H3. The van der Waals surface area contributed by atoms with Gasteiger partial charge >= 0.3 is 0 Å². The number of likely N-dealkylation sites (tertiary alicyclic amines) is 1. The van der Waals surface area contributed by atoms with E-state index in [9.17, 15) is 4.39 Å². The Morgan fingerprint density at radius 1 is 1.22 bits per heavy atom. The van der Waals surface area contributed by atoms with Crippen molar-refractivity contribution >= 4 is 0 Å². The Balaban J connectivity index is 2.17. The van der Waals surface area contributed by atoms with Gasteiger partial charge in [-0.25, -0.2) is 4.39 Å². The molecule has 2 rings (SSSR count). The average molecular weight is 250 g/mol. The molecule has 1 heterocycles. The molecule has 1 saturated heterocycles. The van der Waals surface area contributed by atoms with Gasteiger partial charge in [-0.05, 0) is 50.0 Å². The lowest BCUT2D eigenvalue weighted by molar-refractivity contribution is 0.209. The van der Waals surface area contributed by atoms with Gasteiger partial charge in [-0.3, -0.25) is 4.90 Å². The van der Waals surface area contributed by atoms with Crippen molar-refractivity contribution in [3.05, 3.63) is 35.1 Å². The third kappa shape index (κ3) is 3.09. The SMILES string of the molecule is Cc1ccc(C(CN)N2CCCCCC2)cc1F. The van der Waals surface area contributed by atoms with Crippen LogP contribution in [0.25, 0.3) is 0 Å². The first kappa shape index (κ1) is 13.5. The summed E-state index contributed by atoms with van der Waals surface area (Å²) in [6.45, 7) is 4.51. The van der Waals surface area contributed by atoms with Crippen LogP contribution in [-0.2, 0) is 0 Å². The first-order chi connectivity index (χ1) is 8.72. The zero-order chi connectivity index (χ0) is 13.0. The smallest absolute Gasteiger partial charge is 0.126 e. The summed E-state index contributed by atoms with van der Waals surface area (Å²) in [6, 6.07) is 5.68. The Morgan fingerprint density at radius 3 is 2.44 bits per heavy atom. The van der Waals surface area contributed by atoms with E-state index < -0.39 is 0 Å². The molecule has 1 aliphatic rings. The van der Waals surface area contributed by atoms with Crippen LogP contribution in [0, 0.1) is 12.7 Å². The molecule has 1 aliphatic heterocycles. The second-order valence-corrected chi connectivity index (χ2v) is 5.21. The minimum absolute atomic E-state index is 0.124. The largest absolute Gasteiger partial charge is 0.329 e. The van der Waals surface area contributed by atoms with Crippen molar-refractivity contribution in [1.82, 2.24) is 4.90 Å². The van der Waals surface area contributed by atoms with Gasteiger partial charge in [-0.1, -0.05) is 25.0 Å². The number of rotatable bonds is 3. The Morgan fingerprint density at radius 2 is 1.89 bits per heavy atom. The molecule has 2 nitrogen and oxygen atoms in total. The van der Waals surface area contributed by atoms with Gasteiger partial charge in [-0.15, -0.1) is 0 Å². The van der Waals surface area contributed by atoms with E-state index in [2.05, 4.69) is 4.90 Å². The van der Waals surface area contributed by atoms with E-state index in [-0.39, 0.29) is 11.9 Å². The molecule has 0 spiro atoms. The van der Waals surface area contributed by atoms with Crippen LogP contribution in [0.4, 0.5) is 4.39 Å². The zero-order valence-corrected chi connectivity index (χ0v) is 11.2. The highest BCUT2D eigenvalue weighted by Gasteiger charge is 2.20. The van der Waals surface area contributed by atoms with E-state index >= 15 is 0 Å². The molecule has 0 bridgehead atoms. The normalized spacial score (nSPS) is 19.5. The minimum atomic E-state index is -0.124. The summed E-state index contributed by atoms with van der Waals surface area (Å²) < 4.78 is 13.7. The predicted octanol–water partition coefficient (Wildman–Crippen LogP) is 3.01. The van der Waals surface area contributed by atoms with E-state index in [0.29, 0.717) is 12.1 Å². The van der Waals surface area contributed by atoms with Crippen molar-refractivity contribution in [3.63, 3.8) is 0 Å². The van der Waals surface area contributed by atoms with Crippen LogP contribution < -0.4 is 5.73 Å². The van der Waals surface area contributed by atoms with Gasteiger partial charge in [0.1, 0.15) is 5.82 Å². The third-order valence-electron chi connectivity index (χ3n) is 3.89. The summed E-state index contributed by atoms with van der Waals surface area (Å²) >= 11 is 0. The maximum Gasteiger partial charge on any atom is 0.126 e. The predicted molar refractivity (Wildman–Crippen MR) is 73.0 cm³/mol. The first-order valence-corrected chi connectivity index (χ1v) is 6.92. The quantitative estimate of drug-likeness (QED) is 0.893. The zero-order valence-electron chi connectivity index (χ0n) is 11.2. The lowest BCUT2D eigenvalue weighted by Crippen LogP contribution is -2.34. The second-order valence-electron chi connectivity index (χ2n) is 5.21. The van der Waals surface area contributed by atoms with Crippen molar-refractivity contribution in [2.24, 2.45) is 5.73 Å². The average Bonchev–Trinajstić information content (AvgIpc) is 2.64. The number of benzene rings is 1. The third-order valence-corrected chi connectivity index (χ3v) is 3.89. The molecule has 1 atom stereocenters. The Kier molecular flexibility index (Phi) is 4.72. The number of aryl methyl sites for hydroxylation is 1. The molecule has 0 radical (unpaired) electrons. The minimum Gasteiger partial charge on any atom is -0.329 e. The molecular weight excluding hydrogens is 227 g/mol. The van der Waals surface area contributed by atoms with Gasteiger partial charge < -0.3 is 5.73 Å². The summed E-state index contributed by atoms with van der Waals surface area (Å²) in [7, 11) is 0. The number of hydrogen-bond acceptors (Lipinski definition) is 2. The van der Waals surface area contributed by atoms with E-state index in [4.69, 9.17) is 5.73 Å². The van der Waals surface area contributed by atoms with Crippen molar-refractivity contribution in [2.45, 2.75) is 38.6 Å². The van der Waals surface area contributed by atoms with Crippen molar-refractivity contribution in [2.75, 3.05) is 19.6 Å². The lowest BCUT2D eigenvalue weighted by Gasteiger charge is -2.30. The molecule has 3 heteroatoms. The molecule has 0 amide bonds. The van der Waals surface area contributed by atoms with Crippen LogP contribution in [0.1, 0.15) is 42.9 Å². The van der Waals surface area contributed by atoms with E-state index in [1.807, 2.05) is 12.1 Å². The molecule has 0 aliphatic carbocycles. The van der Waals surface area contributed by atoms with Crippen LogP contribution in [0.3, 0.4) is 0 Å². The Bertz CT molecular complexity index is 384. The summed E-state index contributed by atoms with van der Waals surface area (Å²) in [5.41, 5.74) is 7.63. The number of hydrogen-bond donors (Lipinski definition) is 1. The topological polar surface area (TPSA) is 29.3 Å². The van der Waals surface area contributed by atoms with Gasteiger partial charge in [0, 0.05) is 12.6 Å². The molecule has 18 heavy (non-hydrogen) atoms. The molecule has 1 fully saturated rings. The van der Waals surface area contributed by atoms with Crippen LogP contribution in [-0.4, -0.2) is 24.5 Å². The fourth-order valence-corrected chi connectivity index (χ4v) is 2.72. The summed E-state index contributed by atoms with van der Waals surface area (Å²) in [4.78, 5) is 2.41. The van der Waals surface area contributed by atoms with Crippen LogP contribution in [0.5, 0.6) is 0 Å². The molecule has 0 aromatic heterocycles. The summed E-state index contributed by atoms with van der Waals surface area (Å²) in [5, 5.41) is 0. The molecule has 2 N–H and O–H groups in total. The molecule has 1 aromatic carbocycles. The highest BCUT2D eigenvalue weighted by Crippen LogP contribution is 2.24. The molecule has 0 saturated carbocycles. The monoisotopic (exact) mass is 250 g/mol. The molecule has 100 valence electrons. The molecule has 1 aromatic rings. The number of halogens is 1. The van der Waals surface area contributed by atoms with Crippen molar-refractivity contribution in [3.8, 4) is 0 Å². The van der Waals surface area contributed by atoms with Crippen LogP contribution in [0.2, 0.25) is 0 Å². The maximum atomic E-state index is 13.7. The van der Waals surface area contributed by atoms with Gasteiger partial charge in [0.2, 0.25) is 0 Å². The van der Waals surface area contributed by atoms with E-state index in [0.717, 1.165) is 18.7 Å². The van der Waals surface area contributed by atoms with Gasteiger partial charge in [0.15, 0.2) is 0 Å². The highest BCUT2D eigenvalue weighted by molar-refractivity contribution is 5.26. The Labute approximate surface area is 109 Å². The van der Waals surface area contributed by atoms with E-state index in [1.54, 1.807) is 13.0 Å². The van der Waals surface area contributed by atoms with E-state index in [1.165, 1.54) is 25.7 Å². The molecule has 1 unspecified atom stereocenters. The highest BCUT2D eigenvalue weighted by atomic mass is 19.1. The summed E-state index contributed by atoms with van der Waals surface area (Å²) in [5.74, 6) is -0.124. The maximum absolute atomic E-state index is 13.7. The molecular formula is C15H23FN2. The van der Waals surface area contributed by atoms with Crippen LogP contribution >= 0.6 is 0 Å². The van der Waals surface area contributed by atoms with Gasteiger partial charge in [0.05, 0.1) is 0 Å². The van der Waals surface area contributed by atoms with Crippen LogP contribution in [0.15, 0.2) is 18.2 Å². The second kappa shape index (κ2) is 6.30.